The zero-order valence-electron chi connectivity index (χ0n) is 16.5. The molecule has 0 atom stereocenters. The highest BCUT2D eigenvalue weighted by atomic mass is 19.1. The van der Waals surface area contributed by atoms with Gasteiger partial charge in [-0.3, -0.25) is 0 Å². The van der Waals surface area contributed by atoms with E-state index >= 15 is 0 Å². The van der Waals surface area contributed by atoms with E-state index in [4.69, 9.17) is 0 Å². The minimum Gasteiger partial charge on any atom is -0.322 e. The summed E-state index contributed by atoms with van der Waals surface area (Å²) in [6.07, 6.45) is 3.03. The molecule has 0 saturated carbocycles. The fourth-order valence-electron chi connectivity index (χ4n) is 3.81. The van der Waals surface area contributed by atoms with Crippen LogP contribution in [0.3, 0.4) is 0 Å². The minimum atomic E-state index is -0.793. The van der Waals surface area contributed by atoms with E-state index in [1.165, 1.54) is 23.8 Å². The van der Waals surface area contributed by atoms with Crippen LogP contribution in [0.25, 0.3) is 5.57 Å². The number of rotatable bonds is 3. The second-order valence-corrected chi connectivity index (χ2v) is 7.39. The van der Waals surface area contributed by atoms with Crippen LogP contribution in [0.15, 0.2) is 48.5 Å². The fraction of sp³-hybridized carbons (Fsp3) is 0.318. The number of halogens is 3. The van der Waals surface area contributed by atoms with Crippen molar-refractivity contribution in [2.24, 2.45) is 0 Å². The quantitative estimate of drug-likeness (QED) is 0.823. The molecular weight excluding hydrogens is 393 g/mol. The average Bonchev–Trinajstić information content (AvgIpc) is 2.76. The summed E-state index contributed by atoms with van der Waals surface area (Å²) in [6.45, 7) is 4.01. The predicted molar refractivity (Wildman–Crippen MR) is 109 cm³/mol. The first-order valence-electron chi connectivity index (χ1n) is 9.95. The van der Waals surface area contributed by atoms with Gasteiger partial charge in [-0.25, -0.2) is 28.0 Å². The smallest absolute Gasteiger partial charge is 0.322 e. The number of hydrazine groups is 1. The Labute approximate surface area is 173 Å². The SMILES string of the molecule is O=C(Nc1ccc(F)cc1F)N1CCN(N2CC=C(c3ccc(F)cc3)CC2)CC1. The Kier molecular flexibility index (Phi) is 6.06. The molecule has 2 aromatic rings. The summed E-state index contributed by atoms with van der Waals surface area (Å²) >= 11 is 0. The highest BCUT2D eigenvalue weighted by molar-refractivity contribution is 5.89. The monoisotopic (exact) mass is 416 g/mol. The Balaban J connectivity index is 1.28. The van der Waals surface area contributed by atoms with Gasteiger partial charge in [0, 0.05) is 45.3 Å². The van der Waals surface area contributed by atoms with Crippen molar-refractivity contribution in [2.75, 3.05) is 44.6 Å². The van der Waals surface area contributed by atoms with Gasteiger partial charge in [0.1, 0.15) is 17.5 Å². The number of hydrogen-bond acceptors (Lipinski definition) is 3. The molecule has 5 nitrogen and oxygen atoms in total. The van der Waals surface area contributed by atoms with Crippen molar-refractivity contribution in [3.63, 3.8) is 0 Å². The minimum absolute atomic E-state index is 0.0293. The molecule has 0 bridgehead atoms. The Morgan fingerprint density at radius 1 is 0.833 bits per heavy atom. The number of carbonyl (C=O) groups excluding carboxylic acids is 1. The van der Waals surface area contributed by atoms with E-state index in [9.17, 15) is 18.0 Å². The molecular formula is C22H23F3N4O. The third kappa shape index (κ3) is 4.66. The standard InChI is InChI=1S/C22H23F3N4O/c23-18-3-1-16(2-4-18)17-7-9-28(10-8-17)29-13-11-27(12-14-29)22(30)26-21-6-5-19(24)15-20(21)25/h1-7,15H,8-14H2,(H,26,30). The van der Waals surface area contributed by atoms with Gasteiger partial charge >= 0.3 is 6.03 Å². The maximum absolute atomic E-state index is 13.7. The molecule has 2 amide bonds. The molecule has 2 aliphatic heterocycles. The molecule has 0 radical (unpaired) electrons. The van der Waals surface area contributed by atoms with E-state index in [0.717, 1.165) is 37.2 Å². The maximum atomic E-state index is 13.7. The van der Waals surface area contributed by atoms with Gasteiger partial charge in [-0.1, -0.05) is 18.2 Å². The first-order valence-corrected chi connectivity index (χ1v) is 9.95. The Morgan fingerprint density at radius 3 is 2.17 bits per heavy atom. The van der Waals surface area contributed by atoms with Gasteiger partial charge in [0.15, 0.2) is 0 Å². The summed E-state index contributed by atoms with van der Waals surface area (Å²) in [5.41, 5.74) is 2.23. The molecule has 2 heterocycles. The van der Waals surface area contributed by atoms with Crippen LogP contribution in [0.2, 0.25) is 0 Å². The number of benzene rings is 2. The maximum Gasteiger partial charge on any atom is 0.322 e. The summed E-state index contributed by atoms with van der Waals surface area (Å²) in [4.78, 5) is 14.0. The normalized spacial score (nSPS) is 18.2. The van der Waals surface area contributed by atoms with E-state index in [-0.39, 0.29) is 11.5 Å². The van der Waals surface area contributed by atoms with Crippen LogP contribution in [0, 0.1) is 17.5 Å². The van der Waals surface area contributed by atoms with Crippen LogP contribution in [-0.4, -0.2) is 60.2 Å². The highest BCUT2D eigenvalue weighted by Crippen LogP contribution is 2.24. The first kappa shape index (κ1) is 20.4. The molecule has 8 heteroatoms. The van der Waals surface area contributed by atoms with Gasteiger partial charge in [-0.05, 0) is 41.8 Å². The molecule has 158 valence electrons. The molecule has 2 aromatic carbocycles. The molecule has 30 heavy (non-hydrogen) atoms. The molecule has 1 N–H and O–H groups in total. The summed E-state index contributed by atoms with van der Waals surface area (Å²) in [5, 5.41) is 6.98. The average molecular weight is 416 g/mol. The predicted octanol–water partition coefficient (Wildman–Crippen LogP) is 3.96. The number of carbonyl (C=O) groups is 1. The number of nitrogens with one attached hydrogen (secondary N) is 1. The summed E-state index contributed by atoms with van der Waals surface area (Å²) in [7, 11) is 0. The molecule has 1 saturated heterocycles. The zero-order valence-corrected chi connectivity index (χ0v) is 16.5. The van der Waals surface area contributed by atoms with E-state index in [0.29, 0.717) is 26.2 Å². The van der Waals surface area contributed by atoms with Crippen LogP contribution < -0.4 is 5.32 Å². The van der Waals surface area contributed by atoms with Crippen LogP contribution >= 0.6 is 0 Å². The van der Waals surface area contributed by atoms with Gasteiger partial charge in [-0.15, -0.1) is 0 Å². The van der Waals surface area contributed by atoms with E-state index in [1.807, 2.05) is 0 Å². The molecule has 2 aliphatic rings. The highest BCUT2D eigenvalue weighted by Gasteiger charge is 2.26. The lowest BCUT2D eigenvalue weighted by atomic mass is 10.00. The molecule has 1 fully saturated rings. The van der Waals surface area contributed by atoms with E-state index in [1.54, 1.807) is 17.0 Å². The van der Waals surface area contributed by atoms with Crippen LogP contribution in [0.4, 0.5) is 23.7 Å². The third-order valence-corrected chi connectivity index (χ3v) is 5.52. The van der Waals surface area contributed by atoms with Crippen molar-refractivity contribution in [3.8, 4) is 0 Å². The van der Waals surface area contributed by atoms with Crippen molar-refractivity contribution in [1.29, 1.82) is 0 Å². The van der Waals surface area contributed by atoms with Crippen molar-refractivity contribution in [3.05, 3.63) is 71.6 Å². The van der Waals surface area contributed by atoms with Gasteiger partial charge < -0.3 is 10.2 Å². The van der Waals surface area contributed by atoms with Crippen molar-refractivity contribution < 1.29 is 18.0 Å². The largest absolute Gasteiger partial charge is 0.322 e. The lowest BCUT2D eigenvalue weighted by Gasteiger charge is -2.42. The van der Waals surface area contributed by atoms with Crippen LogP contribution in [0.1, 0.15) is 12.0 Å². The number of hydrogen-bond donors (Lipinski definition) is 1. The van der Waals surface area contributed by atoms with Crippen molar-refractivity contribution >= 4 is 17.3 Å². The molecule has 0 spiro atoms. The summed E-state index contributed by atoms with van der Waals surface area (Å²) in [6, 6.07) is 9.25. The van der Waals surface area contributed by atoms with Crippen LogP contribution in [-0.2, 0) is 0 Å². The zero-order chi connectivity index (χ0) is 21.1. The van der Waals surface area contributed by atoms with E-state index < -0.39 is 17.7 Å². The Morgan fingerprint density at radius 2 is 1.53 bits per heavy atom. The fourth-order valence-corrected chi connectivity index (χ4v) is 3.81. The molecule has 0 unspecified atom stereocenters. The lowest BCUT2D eigenvalue weighted by Crippen LogP contribution is -2.56. The van der Waals surface area contributed by atoms with Crippen LogP contribution in [0.5, 0.6) is 0 Å². The lowest BCUT2D eigenvalue weighted by molar-refractivity contribution is -0.0419. The second-order valence-electron chi connectivity index (χ2n) is 7.39. The topological polar surface area (TPSA) is 38.8 Å². The number of anilines is 1. The Bertz CT molecular complexity index is 940. The first-order chi connectivity index (χ1) is 14.5. The number of piperazine rings is 1. The van der Waals surface area contributed by atoms with Crippen molar-refractivity contribution in [2.45, 2.75) is 6.42 Å². The van der Waals surface area contributed by atoms with Gasteiger partial charge in [0.25, 0.3) is 0 Å². The number of urea groups is 1. The molecule has 0 aliphatic carbocycles. The second kappa shape index (κ2) is 8.89. The Hall–Kier alpha value is -2.84. The molecule has 0 aromatic heterocycles. The number of nitrogens with zero attached hydrogens (tertiary/aromatic N) is 3. The molecule has 4 rings (SSSR count). The van der Waals surface area contributed by atoms with Gasteiger partial charge in [-0.2, -0.15) is 0 Å². The van der Waals surface area contributed by atoms with Gasteiger partial charge in [0.2, 0.25) is 0 Å². The number of amides is 2. The summed E-state index contributed by atoms with van der Waals surface area (Å²) < 4.78 is 39.9. The van der Waals surface area contributed by atoms with Crippen molar-refractivity contribution in [1.82, 2.24) is 14.9 Å². The van der Waals surface area contributed by atoms with Gasteiger partial charge in [0.05, 0.1) is 5.69 Å². The summed E-state index contributed by atoms with van der Waals surface area (Å²) in [5.74, 6) is -1.71. The third-order valence-electron chi connectivity index (χ3n) is 5.52. The van der Waals surface area contributed by atoms with E-state index in [2.05, 4.69) is 21.4 Å².